The van der Waals surface area contributed by atoms with Crippen molar-refractivity contribution < 1.29 is 14.5 Å². The number of nitrogens with one attached hydrogen (secondary N) is 4. The molecule has 0 aliphatic heterocycles. The Morgan fingerprint density at radius 1 is 0.897 bits per heavy atom. The molecule has 0 spiro atoms. The van der Waals surface area contributed by atoms with Crippen LogP contribution in [0.1, 0.15) is 36.0 Å². The fourth-order valence-corrected chi connectivity index (χ4v) is 2.81. The van der Waals surface area contributed by atoms with Crippen LogP contribution in [0.3, 0.4) is 0 Å². The van der Waals surface area contributed by atoms with E-state index in [4.69, 9.17) is 0 Å². The van der Waals surface area contributed by atoms with Gasteiger partial charge in [0.15, 0.2) is 0 Å². The van der Waals surface area contributed by atoms with E-state index in [0.717, 1.165) is 25.7 Å². The van der Waals surface area contributed by atoms with Gasteiger partial charge in [-0.25, -0.2) is 4.79 Å². The van der Waals surface area contributed by atoms with Crippen LogP contribution >= 0.6 is 0 Å². The molecule has 150 valence electrons. The lowest BCUT2D eigenvalue weighted by molar-refractivity contribution is -0.384. The molecule has 0 heterocycles. The number of urea groups is 1. The second kappa shape index (κ2) is 7.78. The predicted molar refractivity (Wildman–Crippen MR) is 109 cm³/mol. The Bertz CT molecular complexity index is 952. The summed E-state index contributed by atoms with van der Waals surface area (Å²) in [5.74, 6) is -0.446. The molecule has 29 heavy (non-hydrogen) atoms. The Hall–Kier alpha value is -3.62. The molecule has 0 atom stereocenters. The lowest BCUT2D eigenvalue weighted by Crippen LogP contribution is -2.30. The van der Waals surface area contributed by atoms with E-state index in [9.17, 15) is 19.7 Å². The van der Waals surface area contributed by atoms with Gasteiger partial charge in [0.1, 0.15) is 5.69 Å². The minimum atomic E-state index is -0.491. The van der Waals surface area contributed by atoms with Crippen molar-refractivity contribution in [2.75, 3.05) is 16.0 Å². The number of anilines is 3. The second-order valence-corrected chi connectivity index (χ2v) is 7.31. The van der Waals surface area contributed by atoms with Crippen molar-refractivity contribution in [3.8, 4) is 0 Å². The van der Waals surface area contributed by atoms with Crippen LogP contribution in [0.2, 0.25) is 0 Å². The molecule has 0 bridgehead atoms. The lowest BCUT2D eigenvalue weighted by Gasteiger charge is -2.10. The van der Waals surface area contributed by atoms with Crippen LogP contribution in [0.15, 0.2) is 42.5 Å². The molecule has 0 aromatic heterocycles. The van der Waals surface area contributed by atoms with E-state index in [0.29, 0.717) is 17.1 Å². The summed E-state index contributed by atoms with van der Waals surface area (Å²) in [6.07, 6.45) is 4.00. The molecule has 4 rings (SSSR count). The monoisotopic (exact) mass is 395 g/mol. The largest absolute Gasteiger partial charge is 0.377 e. The Kier molecular flexibility index (Phi) is 5.03. The highest BCUT2D eigenvalue weighted by atomic mass is 16.6. The number of nitro groups is 1. The van der Waals surface area contributed by atoms with Gasteiger partial charge in [0.2, 0.25) is 0 Å². The summed E-state index contributed by atoms with van der Waals surface area (Å²) >= 11 is 0. The Morgan fingerprint density at radius 3 is 2.10 bits per heavy atom. The number of nitro benzene ring substituents is 1. The maximum Gasteiger partial charge on any atom is 0.319 e. The standard InChI is InChI=1S/C20H21N5O4/c26-19(12-1-10-17(21-13-2-3-13)18(11-12)25(28)29)22-14-4-6-15(7-5-14)23-20(27)24-16-8-9-16/h1,4-7,10-11,13,16,21H,2-3,8-9H2,(H,22,26)(H2,23,24,27). The molecule has 0 radical (unpaired) electrons. The molecular formula is C20H21N5O4. The molecule has 9 nitrogen and oxygen atoms in total. The number of carbonyl (C=O) groups excluding carboxylic acids is 2. The zero-order valence-electron chi connectivity index (χ0n) is 15.6. The third-order valence-electron chi connectivity index (χ3n) is 4.71. The van der Waals surface area contributed by atoms with E-state index in [1.807, 2.05) is 0 Å². The van der Waals surface area contributed by atoms with Gasteiger partial charge in [-0.05, 0) is 62.1 Å². The van der Waals surface area contributed by atoms with Gasteiger partial charge in [-0.3, -0.25) is 14.9 Å². The zero-order chi connectivity index (χ0) is 20.4. The quantitative estimate of drug-likeness (QED) is 0.420. The van der Waals surface area contributed by atoms with E-state index >= 15 is 0 Å². The second-order valence-electron chi connectivity index (χ2n) is 7.31. The fraction of sp³-hybridized carbons (Fsp3) is 0.300. The van der Waals surface area contributed by atoms with Crippen molar-refractivity contribution in [3.05, 3.63) is 58.1 Å². The minimum absolute atomic E-state index is 0.120. The highest BCUT2D eigenvalue weighted by molar-refractivity contribution is 6.05. The van der Waals surface area contributed by atoms with E-state index in [1.54, 1.807) is 36.4 Å². The average Bonchev–Trinajstić information content (AvgIpc) is 3.60. The molecule has 2 saturated carbocycles. The van der Waals surface area contributed by atoms with Crippen LogP contribution in [0.5, 0.6) is 0 Å². The van der Waals surface area contributed by atoms with E-state index in [2.05, 4.69) is 21.3 Å². The van der Waals surface area contributed by atoms with Gasteiger partial charge >= 0.3 is 6.03 Å². The third-order valence-corrected chi connectivity index (χ3v) is 4.71. The molecule has 9 heteroatoms. The first-order valence-corrected chi connectivity index (χ1v) is 9.52. The fourth-order valence-electron chi connectivity index (χ4n) is 2.81. The van der Waals surface area contributed by atoms with Gasteiger partial charge < -0.3 is 21.3 Å². The van der Waals surface area contributed by atoms with Crippen LogP contribution in [-0.4, -0.2) is 28.9 Å². The predicted octanol–water partition coefficient (Wildman–Crippen LogP) is 3.71. The summed E-state index contributed by atoms with van der Waals surface area (Å²) in [4.78, 5) is 35.1. The number of carbonyl (C=O) groups is 2. The first-order valence-electron chi connectivity index (χ1n) is 9.52. The topological polar surface area (TPSA) is 125 Å². The molecule has 0 unspecified atom stereocenters. The maximum absolute atomic E-state index is 12.5. The lowest BCUT2D eigenvalue weighted by atomic mass is 10.1. The molecule has 4 N–H and O–H groups in total. The van der Waals surface area contributed by atoms with Crippen LogP contribution in [0.25, 0.3) is 0 Å². The van der Waals surface area contributed by atoms with Gasteiger partial charge in [-0.2, -0.15) is 0 Å². The molecule has 2 aromatic rings. The molecule has 2 aromatic carbocycles. The van der Waals surface area contributed by atoms with Crippen LogP contribution in [0.4, 0.5) is 27.5 Å². The van der Waals surface area contributed by atoms with Crippen molar-refractivity contribution in [2.24, 2.45) is 0 Å². The molecule has 3 amide bonds. The highest BCUT2D eigenvalue weighted by Gasteiger charge is 2.26. The van der Waals surface area contributed by atoms with E-state index in [1.165, 1.54) is 6.07 Å². The van der Waals surface area contributed by atoms with Gasteiger partial charge in [0.05, 0.1) is 4.92 Å². The number of amides is 3. The summed E-state index contributed by atoms with van der Waals surface area (Å²) in [6.45, 7) is 0. The number of rotatable bonds is 7. The summed E-state index contributed by atoms with van der Waals surface area (Å²) < 4.78 is 0. The first-order chi connectivity index (χ1) is 14.0. The van der Waals surface area contributed by atoms with E-state index < -0.39 is 10.8 Å². The molecular weight excluding hydrogens is 374 g/mol. The van der Waals surface area contributed by atoms with Gasteiger partial charge in [0.25, 0.3) is 11.6 Å². The summed E-state index contributed by atoms with van der Waals surface area (Å²) in [5, 5.41) is 22.7. The molecule has 2 fully saturated rings. The minimum Gasteiger partial charge on any atom is -0.377 e. The summed E-state index contributed by atoms with van der Waals surface area (Å²) in [7, 11) is 0. The Morgan fingerprint density at radius 2 is 1.52 bits per heavy atom. The van der Waals surface area contributed by atoms with E-state index in [-0.39, 0.29) is 29.4 Å². The van der Waals surface area contributed by atoms with Gasteiger partial charge in [-0.15, -0.1) is 0 Å². The third kappa shape index (κ3) is 5.01. The van der Waals surface area contributed by atoms with Gasteiger partial charge in [0, 0.05) is 35.1 Å². The SMILES string of the molecule is O=C(Nc1ccc(NC(=O)c2ccc(NC3CC3)c([N+](=O)[O-])c2)cc1)NC1CC1. The highest BCUT2D eigenvalue weighted by Crippen LogP contribution is 2.31. The van der Waals surface area contributed by atoms with Gasteiger partial charge in [-0.1, -0.05) is 0 Å². The van der Waals surface area contributed by atoms with Crippen molar-refractivity contribution in [1.29, 1.82) is 0 Å². The Balaban J connectivity index is 1.39. The summed E-state index contributed by atoms with van der Waals surface area (Å²) in [5.41, 5.74) is 1.63. The molecule has 0 saturated heterocycles. The zero-order valence-corrected chi connectivity index (χ0v) is 15.6. The Labute approximate surface area is 167 Å². The normalized spacial score (nSPS) is 15.3. The van der Waals surface area contributed by atoms with Crippen LogP contribution in [0, 0.1) is 10.1 Å². The summed E-state index contributed by atoms with van der Waals surface area (Å²) in [6, 6.07) is 11.3. The van der Waals surface area contributed by atoms with Crippen molar-refractivity contribution in [1.82, 2.24) is 5.32 Å². The number of benzene rings is 2. The van der Waals surface area contributed by atoms with Crippen molar-refractivity contribution in [3.63, 3.8) is 0 Å². The maximum atomic E-state index is 12.5. The first kappa shape index (κ1) is 18.7. The smallest absolute Gasteiger partial charge is 0.319 e. The average molecular weight is 395 g/mol. The van der Waals surface area contributed by atoms with Crippen molar-refractivity contribution >= 4 is 34.7 Å². The van der Waals surface area contributed by atoms with Crippen molar-refractivity contribution in [2.45, 2.75) is 37.8 Å². The molecule has 2 aliphatic rings. The number of nitrogens with zero attached hydrogens (tertiary/aromatic N) is 1. The molecule has 2 aliphatic carbocycles. The number of hydrogen-bond donors (Lipinski definition) is 4. The number of hydrogen-bond acceptors (Lipinski definition) is 5. The van der Waals surface area contributed by atoms with Crippen LogP contribution < -0.4 is 21.3 Å². The van der Waals surface area contributed by atoms with Crippen LogP contribution in [-0.2, 0) is 0 Å².